The number of nitrogens with one attached hydrogen (secondary N) is 2. The molecule has 1 aromatic heterocycles. The number of hydrogen-bond acceptors (Lipinski definition) is 7. The molecule has 2 aromatic rings. The summed E-state index contributed by atoms with van der Waals surface area (Å²) < 4.78 is 1.47. The van der Waals surface area contributed by atoms with Crippen molar-refractivity contribution in [2.45, 2.75) is 57.4 Å². The zero-order chi connectivity index (χ0) is 24.1. The Bertz CT molecular complexity index is 1020. The fraction of sp³-hybridized carbons (Fsp3) is 0.542. The molecule has 0 unspecified atom stereocenters. The standard InChI is InChI=1S/C24H36N8O2/c1-2-30(19-9-5-18(25)6-10-19)15-17-3-7-20(8-4-17)32-13-11-22(29-24(32)34)28-23(33)31-14-12-27-21(26)16-31/h3-4,7-8,11,13,18-19,21,27H,2,5-6,9-10,12,14-16,25-26H2,1H3,(H,28,29,33,34)/t18?,19?,21-/m0/s1. The third-order valence-electron chi connectivity index (χ3n) is 6.80. The number of nitrogens with two attached hydrogens (primary N) is 2. The van der Waals surface area contributed by atoms with Gasteiger partial charge in [-0.05, 0) is 56.0 Å². The summed E-state index contributed by atoms with van der Waals surface area (Å²) in [6.07, 6.45) is 5.86. The summed E-state index contributed by atoms with van der Waals surface area (Å²) in [5.74, 6) is 0.223. The molecule has 1 saturated heterocycles. The van der Waals surface area contributed by atoms with Crippen LogP contribution < -0.4 is 27.8 Å². The van der Waals surface area contributed by atoms with Crippen LogP contribution in [0.15, 0.2) is 41.3 Å². The lowest BCUT2D eigenvalue weighted by atomic mass is 9.90. The third kappa shape index (κ3) is 6.01. The average Bonchev–Trinajstić information content (AvgIpc) is 2.84. The number of benzene rings is 1. The van der Waals surface area contributed by atoms with Gasteiger partial charge >= 0.3 is 11.7 Å². The van der Waals surface area contributed by atoms with Gasteiger partial charge in [0, 0.05) is 37.9 Å². The van der Waals surface area contributed by atoms with Gasteiger partial charge in [-0.15, -0.1) is 0 Å². The second kappa shape index (κ2) is 11.1. The van der Waals surface area contributed by atoms with Crippen LogP contribution in [0, 0.1) is 0 Å². The molecule has 1 aliphatic carbocycles. The summed E-state index contributed by atoms with van der Waals surface area (Å²) in [4.78, 5) is 33.2. The van der Waals surface area contributed by atoms with E-state index in [9.17, 15) is 9.59 Å². The van der Waals surface area contributed by atoms with Crippen molar-refractivity contribution in [2.24, 2.45) is 11.5 Å². The molecular weight excluding hydrogens is 432 g/mol. The van der Waals surface area contributed by atoms with Gasteiger partial charge < -0.3 is 16.4 Å². The van der Waals surface area contributed by atoms with Gasteiger partial charge in [-0.3, -0.25) is 20.1 Å². The SMILES string of the molecule is CCN(Cc1ccc(-n2ccc(NC(=O)N3CCN[C@H](N)C3)nc2=O)cc1)C1CCC(N)CC1. The van der Waals surface area contributed by atoms with E-state index in [1.165, 1.54) is 10.1 Å². The van der Waals surface area contributed by atoms with Crippen LogP contribution in [0.3, 0.4) is 0 Å². The van der Waals surface area contributed by atoms with Crippen molar-refractivity contribution >= 4 is 11.8 Å². The van der Waals surface area contributed by atoms with Crippen LogP contribution >= 0.6 is 0 Å². The summed E-state index contributed by atoms with van der Waals surface area (Å²) in [5, 5.41) is 5.77. The van der Waals surface area contributed by atoms with Crippen molar-refractivity contribution in [3.8, 4) is 5.69 Å². The maximum Gasteiger partial charge on any atom is 0.354 e. The molecule has 0 radical (unpaired) electrons. The van der Waals surface area contributed by atoms with Crippen LogP contribution in [0.25, 0.3) is 5.69 Å². The molecule has 1 saturated carbocycles. The Morgan fingerprint density at radius 2 is 1.91 bits per heavy atom. The quantitative estimate of drug-likeness (QED) is 0.498. The molecule has 2 heterocycles. The van der Waals surface area contributed by atoms with E-state index in [4.69, 9.17) is 11.5 Å². The molecule has 34 heavy (non-hydrogen) atoms. The number of hydrogen-bond donors (Lipinski definition) is 4. The van der Waals surface area contributed by atoms with Crippen molar-refractivity contribution in [2.75, 3.05) is 31.5 Å². The van der Waals surface area contributed by atoms with Crippen molar-refractivity contribution in [3.05, 3.63) is 52.6 Å². The van der Waals surface area contributed by atoms with Gasteiger partial charge in [0.2, 0.25) is 0 Å². The van der Waals surface area contributed by atoms with Gasteiger partial charge in [0.05, 0.1) is 18.4 Å². The number of amides is 2. The highest BCUT2D eigenvalue weighted by atomic mass is 16.2. The van der Waals surface area contributed by atoms with Gasteiger partial charge in [0.15, 0.2) is 0 Å². The van der Waals surface area contributed by atoms with E-state index in [0.717, 1.165) is 44.5 Å². The molecule has 4 rings (SSSR count). The molecule has 1 aromatic carbocycles. The zero-order valence-electron chi connectivity index (χ0n) is 19.8. The first kappa shape index (κ1) is 24.3. The Morgan fingerprint density at radius 1 is 1.18 bits per heavy atom. The Morgan fingerprint density at radius 3 is 2.56 bits per heavy atom. The lowest BCUT2D eigenvalue weighted by Crippen LogP contribution is -2.57. The zero-order valence-corrected chi connectivity index (χ0v) is 19.8. The normalized spacial score (nSPS) is 23.2. The minimum Gasteiger partial charge on any atom is -0.328 e. The molecule has 0 bridgehead atoms. The number of aromatic nitrogens is 2. The summed E-state index contributed by atoms with van der Waals surface area (Å²) in [6, 6.07) is 10.2. The van der Waals surface area contributed by atoms with E-state index in [1.54, 1.807) is 17.2 Å². The number of anilines is 1. The second-order valence-electron chi connectivity index (χ2n) is 9.20. The van der Waals surface area contributed by atoms with E-state index >= 15 is 0 Å². The summed E-state index contributed by atoms with van der Waals surface area (Å²) >= 11 is 0. The number of nitrogens with zero attached hydrogens (tertiary/aromatic N) is 4. The lowest BCUT2D eigenvalue weighted by Gasteiger charge is -2.35. The fourth-order valence-corrected chi connectivity index (χ4v) is 4.78. The first-order chi connectivity index (χ1) is 16.4. The van der Waals surface area contributed by atoms with E-state index < -0.39 is 5.69 Å². The molecule has 1 aliphatic heterocycles. The Labute approximate surface area is 200 Å². The molecule has 0 spiro atoms. The Balaban J connectivity index is 1.38. The minimum atomic E-state index is -0.448. The summed E-state index contributed by atoms with van der Waals surface area (Å²) in [5.41, 5.74) is 13.4. The van der Waals surface area contributed by atoms with Gasteiger partial charge in [0.25, 0.3) is 0 Å². The number of carbonyl (C=O) groups excluding carboxylic acids is 1. The van der Waals surface area contributed by atoms with E-state index in [1.807, 2.05) is 12.1 Å². The first-order valence-electron chi connectivity index (χ1n) is 12.2. The number of carbonyl (C=O) groups is 1. The largest absolute Gasteiger partial charge is 0.354 e. The molecule has 184 valence electrons. The summed E-state index contributed by atoms with van der Waals surface area (Å²) in [6.45, 7) is 5.66. The Kier molecular flexibility index (Phi) is 7.94. The average molecular weight is 469 g/mol. The van der Waals surface area contributed by atoms with Crippen LogP contribution in [0.5, 0.6) is 0 Å². The molecule has 6 N–H and O–H groups in total. The van der Waals surface area contributed by atoms with Crippen molar-refractivity contribution in [1.82, 2.24) is 24.7 Å². The van der Waals surface area contributed by atoms with Gasteiger partial charge in [-0.1, -0.05) is 19.1 Å². The van der Waals surface area contributed by atoms with Gasteiger partial charge in [-0.2, -0.15) is 4.98 Å². The predicted octanol–water partition coefficient (Wildman–Crippen LogP) is 1.05. The topological polar surface area (TPSA) is 135 Å². The van der Waals surface area contributed by atoms with Crippen LogP contribution in [0.4, 0.5) is 10.6 Å². The van der Waals surface area contributed by atoms with Crippen LogP contribution in [-0.4, -0.2) is 69.8 Å². The number of rotatable bonds is 6. The lowest BCUT2D eigenvalue weighted by molar-refractivity contribution is 0.149. The molecule has 10 nitrogen and oxygen atoms in total. The second-order valence-corrected chi connectivity index (χ2v) is 9.20. The van der Waals surface area contributed by atoms with Crippen molar-refractivity contribution in [1.29, 1.82) is 0 Å². The predicted molar refractivity (Wildman–Crippen MR) is 133 cm³/mol. The molecule has 1 atom stereocenters. The van der Waals surface area contributed by atoms with Crippen LogP contribution in [0.2, 0.25) is 0 Å². The molecule has 2 amide bonds. The highest BCUT2D eigenvalue weighted by Gasteiger charge is 2.23. The third-order valence-corrected chi connectivity index (χ3v) is 6.80. The maximum atomic E-state index is 12.6. The van der Waals surface area contributed by atoms with Gasteiger partial charge in [-0.25, -0.2) is 9.59 Å². The Hall–Kier alpha value is -2.79. The monoisotopic (exact) mass is 468 g/mol. The van der Waals surface area contributed by atoms with E-state index in [-0.39, 0.29) is 18.0 Å². The summed E-state index contributed by atoms with van der Waals surface area (Å²) in [7, 11) is 0. The fourth-order valence-electron chi connectivity index (χ4n) is 4.78. The van der Waals surface area contributed by atoms with Gasteiger partial charge in [0.1, 0.15) is 5.82 Å². The highest BCUT2D eigenvalue weighted by Crippen LogP contribution is 2.23. The molecule has 2 aliphatic rings. The highest BCUT2D eigenvalue weighted by molar-refractivity contribution is 5.88. The van der Waals surface area contributed by atoms with Crippen LogP contribution in [0.1, 0.15) is 38.2 Å². The van der Waals surface area contributed by atoms with E-state index in [2.05, 4.69) is 39.6 Å². The number of piperazine rings is 1. The maximum absolute atomic E-state index is 12.6. The minimum absolute atomic E-state index is 0.223. The first-order valence-corrected chi connectivity index (χ1v) is 12.2. The van der Waals surface area contributed by atoms with Crippen LogP contribution in [-0.2, 0) is 6.54 Å². The molecule has 2 fully saturated rings. The van der Waals surface area contributed by atoms with E-state index in [0.29, 0.717) is 31.7 Å². The van der Waals surface area contributed by atoms with Crippen molar-refractivity contribution < 1.29 is 4.79 Å². The smallest absolute Gasteiger partial charge is 0.328 e. The molecule has 10 heteroatoms. The van der Waals surface area contributed by atoms with Crippen molar-refractivity contribution in [3.63, 3.8) is 0 Å². The number of urea groups is 1. The molecular formula is C24H36N8O2.